The molecule has 0 radical (unpaired) electrons. The first-order chi connectivity index (χ1) is 9.49. The molecular weight excluding hydrogens is 405 g/mol. The number of amides is 1. The molecule has 0 aliphatic heterocycles. The first kappa shape index (κ1) is 15.5. The Kier molecular flexibility index (Phi) is 5.24. The molecular formula is C15H12Br2ClNO. The first-order valence-electron chi connectivity index (χ1n) is 5.93. The Hall–Kier alpha value is -0.840. The quantitative estimate of drug-likeness (QED) is 0.677. The topological polar surface area (TPSA) is 20.3 Å². The molecule has 2 aromatic rings. The van der Waals surface area contributed by atoms with Crippen LogP contribution >= 0.6 is 43.5 Å². The van der Waals surface area contributed by atoms with Crippen LogP contribution in [0.2, 0.25) is 5.02 Å². The minimum Gasteiger partial charge on any atom is -0.337 e. The molecule has 0 N–H and O–H groups in total. The molecule has 0 aliphatic carbocycles. The Balaban J connectivity index is 2.19. The molecule has 2 rings (SSSR count). The summed E-state index contributed by atoms with van der Waals surface area (Å²) < 4.78 is 1.72. The molecule has 0 spiro atoms. The summed E-state index contributed by atoms with van der Waals surface area (Å²) in [5.41, 5.74) is 1.56. The molecule has 0 saturated heterocycles. The van der Waals surface area contributed by atoms with Crippen molar-refractivity contribution >= 4 is 49.4 Å². The van der Waals surface area contributed by atoms with Gasteiger partial charge in [0, 0.05) is 22.5 Å². The number of benzene rings is 2. The number of halogens is 3. The molecule has 0 bridgehead atoms. The molecule has 104 valence electrons. The van der Waals surface area contributed by atoms with Gasteiger partial charge in [0.1, 0.15) is 0 Å². The van der Waals surface area contributed by atoms with Crippen molar-refractivity contribution in [2.45, 2.75) is 6.54 Å². The van der Waals surface area contributed by atoms with Crippen LogP contribution in [0.15, 0.2) is 51.4 Å². The van der Waals surface area contributed by atoms with E-state index >= 15 is 0 Å². The molecule has 0 saturated carbocycles. The number of carbonyl (C=O) groups excluding carboxylic acids is 1. The zero-order valence-corrected chi connectivity index (χ0v) is 14.7. The molecule has 0 aromatic heterocycles. The maximum atomic E-state index is 12.4. The standard InChI is InChI=1S/C15H12Br2ClNO/c1-19(9-10-4-2-5-11(16)8-10)15(20)12-6-3-7-13(17)14(12)18/h2-8H,9H2,1H3. The van der Waals surface area contributed by atoms with E-state index in [0.29, 0.717) is 17.1 Å². The summed E-state index contributed by atoms with van der Waals surface area (Å²) in [4.78, 5) is 14.1. The van der Waals surface area contributed by atoms with E-state index in [1.165, 1.54) is 0 Å². The lowest BCUT2D eigenvalue weighted by Crippen LogP contribution is -2.26. The molecule has 1 amide bonds. The third-order valence-electron chi connectivity index (χ3n) is 2.84. The van der Waals surface area contributed by atoms with Gasteiger partial charge < -0.3 is 4.90 Å². The van der Waals surface area contributed by atoms with Gasteiger partial charge in [0.15, 0.2) is 0 Å². The fraction of sp³-hybridized carbons (Fsp3) is 0.133. The summed E-state index contributed by atoms with van der Waals surface area (Å²) in [5.74, 6) is -0.101. The highest BCUT2D eigenvalue weighted by atomic mass is 79.9. The van der Waals surface area contributed by atoms with Crippen molar-refractivity contribution < 1.29 is 4.79 Å². The molecule has 5 heteroatoms. The van der Waals surface area contributed by atoms with E-state index in [4.69, 9.17) is 11.6 Å². The van der Waals surface area contributed by atoms with Crippen LogP contribution in [0.1, 0.15) is 15.9 Å². The summed E-state index contributed by atoms with van der Waals surface area (Å²) in [5, 5.41) is 0.443. The monoisotopic (exact) mass is 415 g/mol. The predicted molar refractivity (Wildman–Crippen MR) is 89.1 cm³/mol. The number of hydrogen-bond donors (Lipinski definition) is 0. The molecule has 0 fully saturated rings. The van der Waals surface area contributed by atoms with Crippen molar-refractivity contribution in [2.24, 2.45) is 0 Å². The van der Waals surface area contributed by atoms with Gasteiger partial charge in [-0.1, -0.05) is 45.7 Å². The minimum absolute atomic E-state index is 0.101. The lowest BCUT2D eigenvalue weighted by Gasteiger charge is -2.18. The van der Waals surface area contributed by atoms with Crippen LogP contribution in [0.5, 0.6) is 0 Å². The van der Waals surface area contributed by atoms with E-state index in [2.05, 4.69) is 31.9 Å². The van der Waals surface area contributed by atoms with Gasteiger partial charge in [-0.2, -0.15) is 0 Å². The van der Waals surface area contributed by atoms with Crippen LogP contribution in [0, 0.1) is 0 Å². The predicted octanol–water partition coefficient (Wildman–Crippen LogP) is 5.14. The van der Waals surface area contributed by atoms with Crippen molar-refractivity contribution in [1.82, 2.24) is 4.90 Å². The summed E-state index contributed by atoms with van der Waals surface area (Å²) in [6.45, 7) is 0.529. The van der Waals surface area contributed by atoms with E-state index in [1.807, 2.05) is 30.3 Å². The van der Waals surface area contributed by atoms with Crippen molar-refractivity contribution in [3.05, 3.63) is 67.6 Å². The number of rotatable bonds is 3. The normalized spacial score (nSPS) is 10.4. The van der Waals surface area contributed by atoms with E-state index in [1.54, 1.807) is 24.1 Å². The average Bonchev–Trinajstić information content (AvgIpc) is 2.41. The highest BCUT2D eigenvalue weighted by Gasteiger charge is 2.16. The number of carbonyl (C=O) groups is 1. The van der Waals surface area contributed by atoms with Crippen LogP contribution in [0.25, 0.3) is 0 Å². The van der Waals surface area contributed by atoms with E-state index < -0.39 is 0 Å². The number of nitrogens with zero attached hydrogens (tertiary/aromatic N) is 1. The third-order valence-corrected chi connectivity index (χ3v) is 4.63. The van der Waals surface area contributed by atoms with E-state index in [9.17, 15) is 4.79 Å². The Labute approximate surface area is 140 Å². The maximum Gasteiger partial charge on any atom is 0.255 e. The number of hydrogen-bond acceptors (Lipinski definition) is 1. The van der Waals surface area contributed by atoms with Crippen LogP contribution in [0.3, 0.4) is 0 Å². The molecule has 0 unspecified atom stereocenters. The second-order valence-corrected chi connectivity index (χ2v) is 6.54. The molecule has 0 atom stereocenters. The van der Waals surface area contributed by atoms with Gasteiger partial charge in [-0.15, -0.1) is 0 Å². The highest BCUT2D eigenvalue weighted by Crippen LogP contribution is 2.27. The lowest BCUT2D eigenvalue weighted by molar-refractivity contribution is 0.0785. The fourth-order valence-electron chi connectivity index (χ4n) is 1.86. The second kappa shape index (κ2) is 6.74. The SMILES string of the molecule is CN(Cc1cccc(Br)c1)C(=O)c1cccc(Br)c1Cl. The second-order valence-electron chi connectivity index (χ2n) is 4.39. The highest BCUT2D eigenvalue weighted by molar-refractivity contribution is 9.10. The molecule has 0 heterocycles. The van der Waals surface area contributed by atoms with Gasteiger partial charge in [0.25, 0.3) is 5.91 Å². The van der Waals surface area contributed by atoms with Crippen LogP contribution < -0.4 is 0 Å². The Bertz CT molecular complexity index is 646. The molecule has 2 nitrogen and oxygen atoms in total. The molecule has 2 aromatic carbocycles. The smallest absolute Gasteiger partial charge is 0.255 e. The van der Waals surface area contributed by atoms with E-state index in [-0.39, 0.29) is 5.91 Å². The first-order valence-corrected chi connectivity index (χ1v) is 7.89. The summed E-state index contributed by atoms with van der Waals surface area (Å²) in [6, 6.07) is 13.2. The fourth-order valence-corrected chi connectivity index (χ4v) is 2.88. The summed E-state index contributed by atoms with van der Waals surface area (Å²) in [6.07, 6.45) is 0. The van der Waals surface area contributed by atoms with Gasteiger partial charge in [-0.05, 0) is 45.8 Å². The van der Waals surface area contributed by atoms with Crippen LogP contribution in [0.4, 0.5) is 0 Å². The average molecular weight is 418 g/mol. The minimum atomic E-state index is -0.101. The Morgan fingerprint density at radius 1 is 1.20 bits per heavy atom. The van der Waals surface area contributed by atoms with Crippen molar-refractivity contribution in [3.8, 4) is 0 Å². The Morgan fingerprint density at radius 3 is 2.60 bits per heavy atom. The van der Waals surface area contributed by atoms with Gasteiger partial charge in [-0.3, -0.25) is 4.79 Å². The Morgan fingerprint density at radius 2 is 1.90 bits per heavy atom. The third kappa shape index (κ3) is 3.62. The van der Waals surface area contributed by atoms with Gasteiger partial charge in [0.2, 0.25) is 0 Å². The molecule has 20 heavy (non-hydrogen) atoms. The van der Waals surface area contributed by atoms with Crippen LogP contribution in [-0.2, 0) is 6.54 Å². The van der Waals surface area contributed by atoms with Crippen molar-refractivity contribution in [1.29, 1.82) is 0 Å². The van der Waals surface area contributed by atoms with Crippen molar-refractivity contribution in [2.75, 3.05) is 7.05 Å². The zero-order valence-electron chi connectivity index (χ0n) is 10.7. The van der Waals surface area contributed by atoms with Crippen molar-refractivity contribution in [3.63, 3.8) is 0 Å². The largest absolute Gasteiger partial charge is 0.337 e. The lowest BCUT2D eigenvalue weighted by atomic mass is 10.1. The van der Waals surface area contributed by atoms with E-state index in [0.717, 1.165) is 14.5 Å². The molecule has 0 aliphatic rings. The maximum absolute atomic E-state index is 12.4. The summed E-state index contributed by atoms with van der Waals surface area (Å²) in [7, 11) is 1.76. The van der Waals surface area contributed by atoms with Gasteiger partial charge in [0.05, 0.1) is 10.6 Å². The summed E-state index contributed by atoms with van der Waals surface area (Å²) >= 11 is 12.9. The van der Waals surface area contributed by atoms with Gasteiger partial charge >= 0.3 is 0 Å². The van der Waals surface area contributed by atoms with Gasteiger partial charge in [-0.25, -0.2) is 0 Å². The zero-order chi connectivity index (χ0) is 14.7. The van der Waals surface area contributed by atoms with Crippen LogP contribution in [-0.4, -0.2) is 17.9 Å².